The SMILES string of the molecule is CCC[C@@H](I)[C@@H]1CO[Si@]2(c3ccccc3)CCC[C@H]12. The van der Waals surface area contributed by atoms with Gasteiger partial charge in [0.05, 0.1) is 0 Å². The first-order chi connectivity index (χ1) is 9.28. The summed E-state index contributed by atoms with van der Waals surface area (Å²) in [5.41, 5.74) is 0.878. The number of rotatable bonds is 4. The smallest absolute Gasteiger partial charge is 0.227 e. The molecule has 0 aliphatic carbocycles. The average molecular weight is 386 g/mol. The summed E-state index contributed by atoms with van der Waals surface area (Å²) in [7, 11) is -1.63. The number of hydrogen-bond acceptors (Lipinski definition) is 1. The molecule has 19 heavy (non-hydrogen) atoms. The summed E-state index contributed by atoms with van der Waals surface area (Å²) in [4.78, 5) is 0. The van der Waals surface area contributed by atoms with Crippen molar-refractivity contribution in [1.82, 2.24) is 0 Å². The van der Waals surface area contributed by atoms with E-state index < -0.39 is 8.32 Å². The number of hydrogen-bond donors (Lipinski definition) is 0. The number of halogens is 1. The van der Waals surface area contributed by atoms with Crippen molar-refractivity contribution in [3.05, 3.63) is 30.3 Å². The van der Waals surface area contributed by atoms with Crippen molar-refractivity contribution < 1.29 is 4.43 Å². The van der Waals surface area contributed by atoms with Gasteiger partial charge in [0, 0.05) is 10.5 Å². The molecule has 2 heterocycles. The van der Waals surface area contributed by atoms with Gasteiger partial charge < -0.3 is 4.43 Å². The zero-order chi connectivity index (χ0) is 13.3. The second kappa shape index (κ2) is 5.86. The molecule has 3 rings (SSSR count). The molecule has 2 aliphatic heterocycles. The van der Waals surface area contributed by atoms with Gasteiger partial charge in [-0.15, -0.1) is 0 Å². The largest absolute Gasteiger partial charge is 0.412 e. The van der Waals surface area contributed by atoms with Gasteiger partial charge in [-0.2, -0.15) is 0 Å². The van der Waals surface area contributed by atoms with E-state index in [1.54, 1.807) is 5.19 Å². The van der Waals surface area contributed by atoms with Gasteiger partial charge in [0.2, 0.25) is 8.32 Å². The molecule has 4 atom stereocenters. The molecule has 0 unspecified atom stereocenters. The van der Waals surface area contributed by atoms with E-state index >= 15 is 0 Å². The summed E-state index contributed by atoms with van der Waals surface area (Å²) < 4.78 is 7.37. The third kappa shape index (κ3) is 2.42. The van der Waals surface area contributed by atoms with Gasteiger partial charge in [-0.25, -0.2) is 0 Å². The van der Waals surface area contributed by atoms with Crippen molar-refractivity contribution in [1.29, 1.82) is 0 Å². The van der Waals surface area contributed by atoms with Gasteiger partial charge in [0.15, 0.2) is 0 Å². The Kier molecular flexibility index (Phi) is 4.34. The van der Waals surface area contributed by atoms with Gasteiger partial charge >= 0.3 is 0 Å². The van der Waals surface area contributed by atoms with Crippen molar-refractivity contribution in [2.45, 2.75) is 48.1 Å². The molecule has 1 nitrogen and oxygen atoms in total. The third-order valence-corrected chi connectivity index (χ3v) is 11.6. The monoisotopic (exact) mass is 386 g/mol. The Labute approximate surface area is 131 Å². The lowest BCUT2D eigenvalue weighted by atomic mass is 9.96. The van der Waals surface area contributed by atoms with Crippen LogP contribution in [0, 0.1) is 5.92 Å². The van der Waals surface area contributed by atoms with E-state index in [0.29, 0.717) is 0 Å². The highest BCUT2D eigenvalue weighted by Crippen LogP contribution is 2.52. The molecular weight excluding hydrogens is 363 g/mol. The standard InChI is InChI=1S/C16H23IOSi/c1-2-7-15(17)14-12-18-19(11-6-10-16(14)19)13-8-4-3-5-9-13/h3-5,8-9,14-16H,2,6-7,10-12H2,1H3/t14-,15+,16+,19-/m0/s1. The molecule has 104 valence electrons. The van der Waals surface area contributed by atoms with E-state index in [4.69, 9.17) is 4.43 Å². The molecule has 0 saturated carbocycles. The van der Waals surface area contributed by atoms with E-state index in [-0.39, 0.29) is 0 Å². The number of alkyl halides is 1. The minimum atomic E-state index is -1.63. The minimum absolute atomic E-state index is 0.809. The highest BCUT2D eigenvalue weighted by molar-refractivity contribution is 14.1. The van der Waals surface area contributed by atoms with Crippen LogP contribution in [0.3, 0.4) is 0 Å². The second-order valence-corrected chi connectivity index (χ2v) is 11.5. The van der Waals surface area contributed by atoms with E-state index in [9.17, 15) is 0 Å². The van der Waals surface area contributed by atoms with Crippen molar-refractivity contribution in [2.75, 3.05) is 6.61 Å². The van der Waals surface area contributed by atoms with Crippen LogP contribution in [0.2, 0.25) is 11.6 Å². The molecule has 3 heteroatoms. The molecular formula is C16H23IOSi. The van der Waals surface area contributed by atoms with E-state index in [2.05, 4.69) is 59.8 Å². The van der Waals surface area contributed by atoms with Crippen molar-refractivity contribution in [2.24, 2.45) is 5.92 Å². The van der Waals surface area contributed by atoms with E-state index in [1.165, 1.54) is 31.7 Å². The molecule has 0 radical (unpaired) electrons. The Morgan fingerprint density at radius 1 is 1.37 bits per heavy atom. The number of fused-ring (bicyclic) bond motifs is 1. The lowest BCUT2D eigenvalue weighted by molar-refractivity contribution is 0.290. The molecule has 0 N–H and O–H groups in total. The summed E-state index contributed by atoms with van der Waals surface area (Å²) >= 11 is 2.69. The Balaban J connectivity index is 1.87. The summed E-state index contributed by atoms with van der Waals surface area (Å²) in [5.74, 6) is 0.815. The first-order valence-corrected chi connectivity index (χ1v) is 11.1. The minimum Gasteiger partial charge on any atom is -0.412 e. The molecule has 2 saturated heterocycles. The lowest BCUT2D eigenvalue weighted by Crippen LogP contribution is -2.48. The van der Waals surface area contributed by atoms with Crippen LogP contribution in [0.25, 0.3) is 0 Å². The molecule has 1 aromatic carbocycles. The van der Waals surface area contributed by atoms with Gasteiger partial charge in [-0.1, -0.05) is 79.1 Å². The maximum absolute atomic E-state index is 6.56. The maximum Gasteiger partial charge on any atom is 0.227 e. The first-order valence-electron chi connectivity index (χ1n) is 7.61. The van der Waals surface area contributed by atoms with Gasteiger partial charge in [0.1, 0.15) is 0 Å². The molecule has 0 spiro atoms. The topological polar surface area (TPSA) is 9.23 Å². The summed E-state index contributed by atoms with van der Waals surface area (Å²) in [6.07, 6.45) is 5.45. The summed E-state index contributed by atoms with van der Waals surface area (Å²) in [5, 5.41) is 1.56. The number of benzene rings is 1. The van der Waals surface area contributed by atoms with E-state index in [0.717, 1.165) is 22.0 Å². The Hall–Kier alpha value is 0.127. The van der Waals surface area contributed by atoms with Gasteiger partial charge in [-0.3, -0.25) is 0 Å². The van der Waals surface area contributed by atoms with E-state index in [1.807, 2.05) is 0 Å². The molecule has 2 fully saturated rings. The van der Waals surface area contributed by atoms with Crippen LogP contribution in [-0.2, 0) is 4.43 Å². The fourth-order valence-corrected chi connectivity index (χ4v) is 11.1. The maximum atomic E-state index is 6.56. The molecule has 0 aromatic heterocycles. The molecule has 0 bridgehead atoms. The molecule has 1 aromatic rings. The van der Waals surface area contributed by atoms with Gasteiger partial charge in [-0.05, 0) is 29.1 Å². The van der Waals surface area contributed by atoms with Crippen LogP contribution >= 0.6 is 22.6 Å². The van der Waals surface area contributed by atoms with Crippen molar-refractivity contribution in [3.8, 4) is 0 Å². The zero-order valence-electron chi connectivity index (χ0n) is 11.6. The molecule has 0 amide bonds. The molecule has 2 aliphatic rings. The fraction of sp³-hybridized carbons (Fsp3) is 0.625. The predicted molar refractivity (Wildman–Crippen MR) is 91.8 cm³/mol. The van der Waals surface area contributed by atoms with Crippen LogP contribution < -0.4 is 5.19 Å². The Bertz CT molecular complexity index is 424. The quantitative estimate of drug-likeness (QED) is 0.427. The third-order valence-electron chi connectivity index (χ3n) is 5.00. The first kappa shape index (κ1) is 14.1. The highest BCUT2D eigenvalue weighted by atomic mass is 127. The van der Waals surface area contributed by atoms with Crippen LogP contribution in [0.15, 0.2) is 30.3 Å². The van der Waals surface area contributed by atoms with Gasteiger partial charge in [0.25, 0.3) is 0 Å². The summed E-state index contributed by atoms with van der Waals surface area (Å²) in [6, 6.07) is 12.5. The fourth-order valence-electron chi connectivity index (χ4n) is 4.11. The zero-order valence-corrected chi connectivity index (χ0v) is 14.8. The van der Waals surface area contributed by atoms with Crippen LogP contribution in [-0.4, -0.2) is 18.8 Å². The average Bonchev–Trinajstić information content (AvgIpc) is 2.99. The Morgan fingerprint density at radius 3 is 2.89 bits per heavy atom. The van der Waals surface area contributed by atoms with Crippen molar-refractivity contribution >= 4 is 36.1 Å². The van der Waals surface area contributed by atoms with Crippen LogP contribution in [0.1, 0.15) is 32.6 Å². The second-order valence-electron chi connectivity index (χ2n) is 6.03. The van der Waals surface area contributed by atoms with Crippen LogP contribution in [0.4, 0.5) is 0 Å². The normalized spacial score (nSPS) is 35.3. The van der Waals surface area contributed by atoms with Crippen LogP contribution in [0.5, 0.6) is 0 Å². The summed E-state index contributed by atoms with van der Waals surface area (Å²) in [6.45, 7) is 3.33. The Morgan fingerprint density at radius 2 is 2.16 bits per heavy atom. The highest BCUT2D eigenvalue weighted by Gasteiger charge is 2.57. The predicted octanol–water partition coefficient (Wildman–Crippen LogP) is 4.25. The van der Waals surface area contributed by atoms with Crippen molar-refractivity contribution in [3.63, 3.8) is 0 Å². The lowest BCUT2D eigenvalue weighted by Gasteiger charge is -2.28.